The van der Waals surface area contributed by atoms with Gasteiger partial charge in [-0.3, -0.25) is 0 Å². The lowest BCUT2D eigenvalue weighted by molar-refractivity contribution is 0.376. The molecule has 5 heteroatoms. The molecule has 1 N–H and O–H groups in total. The molecule has 1 saturated heterocycles. The van der Waals surface area contributed by atoms with Crippen molar-refractivity contribution in [3.05, 3.63) is 41.5 Å². The van der Waals surface area contributed by atoms with Gasteiger partial charge in [0, 0.05) is 12.5 Å². The Hall–Kier alpha value is -1.88. The number of ether oxygens (including phenoxy) is 1. The first-order chi connectivity index (χ1) is 9.35. The third kappa shape index (κ3) is 2.76. The minimum Gasteiger partial charge on any atom is -0.497 e. The predicted molar refractivity (Wildman–Crippen MR) is 70.3 cm³/mol. The summed E-state index contributed by atoms with van der Waals surface area (Å²) in [6.45, 7) is 1.98. The summed E-state index contributed by atoms with van der Waals surface area (Å²) >= 11 is 0. The highest BCUT2D eigenvalue weighted by molar-refractivity contribution is 5.28. The Morgan fingerprint density at radius 1 is 1.37 bits per heavy atom. The second kappa shape index (κ2) is 5.40. The van der Waals surface area contributed by atoms with Gasteiger partial charge in [0.25, 0.3) is 0 Å². The van der Waals surface area contributed by atoms with E-state index in [1.165, 1.54) is 0 Å². The second-order valence-electron chi connectivity index (χ2n) is 4.76. The van der Waals surface area contributed by atoms with Crippen molar-refractivity contribution in [1.82, 2.24) is 15.5 Å². The van der Waals surface area contributed by atoms with Gasteiger partial charge in [-0.25, -0.2) is 0 Å². The van der Waals surface area contributed by atoms with Crippen molar-refractivity contribution in [3.63, 3.8) is 0 Å². The maximum atomic E-state index is 5.32. The van der Waals surface area contributed by atoms with Gasteiger partial charge in [-0.05, 0) is 30.7 Å². The van der Waals surface area contributed by atoms with Crippen LogP contribution in [-0.2, 0) is 6.42 Å². The van der Waals surface area contributed by atoms with Crippen molar-refractivity contribution in [2.75, 3.05) is 20.2 Å². The van der Waals surface area contributed by atoms with Gasteiger partial charge in [0.2, 0.25) is 5.89 Å². The zero-order chi connectivity index (χ0) is 13.1. The van der Waals surface area contributed by atoms with Gasteiger partial charge in [-0.15, -0.1) is 0 Å². The van der Waals surface area contributed by atoms with Crippen molar-refractivity contribution in [1.29, 1.82) is 0 Å². The molecular formula is C14H17N3O2. The van der Waals surface area contributed by atoms with Crippen molar-refractivity contribution in [2.24, 2.45) is 0 Å². The Balaban J connectivity index is 1.68. The summed E-state index contributed by atoms with van der Waals surface area (Å²) in [5.41, 5.74) is 1.14. The summed E-state index contributed by atoms with van der Waals surface area (Å²) in [5.74, 6) is 2.75. The molecule has 1 aromatic heterocycles. The maximum Gasteiger partial charge on any atom is 0.231 e. The predicted octanol–water partition coefficient (Wildman–Crippen LogP) is 1.75. The van der Waals surface area contributed by atoms with E-state index in [-0.39, 0.29) is 0 Å². The molecule has 0 saturated carbocycles. The van der Waals surface area contributed by atoms with Crippen LogP contribution in [0, 0.1) is 0 Å². The van der Waals surface area contributed by atoms with E-state index in [1.807, 2.05) is 24.3 Å². The standard InChI is InChI=1S/C14H17N3O2/c1-18-12-4-2-10(3-5-12)8-13-16-14(17-19-13)11-6-7-15-9-11/h2-5,11,15H,6-9H2,1H3. The average molecular weight is 259 g/mol. The molecule has 0 aliphatic carbocycles. The Kier molecular flexibility index (Phi) is 3.46. The number of nitrogens with one attached hydrogen (secondary N) is 1. The summed E-state index contributed by atoms with van der Waals surface area (Å²) in [5, 5.41) is 7.38. The van der Waals surface area contributed by atoms with E-state index in [9.17, 15) is 0 Å². The summed E-state index contributed by atoms with van der Waals surface area (Å²) in [7, 11) is 1.66. The van der Waals surface area contributed by atoms with Crippen LogP contribution in [0.15, 0.2) is 28.8 Å². The minimum atomic E-state index is 0.397. The highest BCUT2D eigenvalue weighted by Gasteiger charge is 2.21. The molecule has 3 rings (SSSR count). The molecule has 1 aliphatic rings. The number of hydrogen-bond donors (Lipinski definition) is 1. The molecule has 0 amide bonds. The second-order valence-corrected chi connectivity index (χ2v) is 4.76. The SMILES string of the molecule is COc1ccc(Cc2nc(C3CCNC3)no2)cc1. The Bertz CT molecular complexity index is 530. The van der Waals surface area contributed by atoms with Gasteiger partial charge in [0.15, 0.2) is 5.82 Å². The summed E-state index contributed by atoms with van der Waals surface area (Å²) in [4.78, 5) is 4.48. The Morgan fingerprint density at radius 2 is 2.21 bits per heavy atom. The molecule has 19 heavy (non-hydrogen) atoms. The van der Waals surface area contributed by atoms with Crippen molar-refractivity contribution in [2.45, 2.75) is 18.8 Å². The van der Waals surface area contributed by atoms with Crippen LogP contribution in [0.5, 0.6) is 5.75 Å². The topological polar surface area (TPSA) is 60.2 Å². The first-order valence-electron chi connectivity index (χ1n) is 6.51. The van der Waals surface area contributed by atoms with Crippen LogP contribution in [0.4, 0.5) is 0 Å². The van der Waals surface area contributed by atoms with E-state index in [1.54, 1.807) is 7.11 Å². The zero-order valence-corrected chi connectivity index (χ0v) is 10.9. The largest absolute Gasteiger partial charge is 0.497 e. The highest BCUT2D eigenvalue weighted by atomic mass is 16.5. The third-order valence-corrected chi connectivity index (χ3v) is 3.42. The fourth-order valence-corrected chi connectivity index (χ4v) is 2.30. The van der Waals surface area contributed by atoms with Gasteiger partial charge in [-0.1, -0.05) is 17.3 Å². The van der Waals surface area contributed by atoms with Crippen molar-refractivity contribution >= 4 is 0 Å². The molecule has 1 unspecified atom stereocenters. The van der Waals surface area contributed by atoms with E-state index in [2.05, 4.69) is 15.5 Å². The highest BCUT2D eigenvalue weighted by Crippen LogP contribution is 2.20. The lowest BCUT2D eigenvalue weighted by Gasteiger charge is -2.01. The number of nitrogens with zero attached hydrogens (tertiary/aromatic N) is 2. The number of methoxy groups -OCH3 is 1. The summed E-state index contributed by atoms with van der Waals surface area (Å²) < 4.78 is 10.5. The molecule has 1 atom stereocenters. The maximum absolute atomic E-state index is 5.32. The van der Waals surface area contributed by atoms with Crippen molar-refractivity contribution in [3.8, 4) is 5.75 Å². The number of rotatable bonds is 4. The molecule has 1 aromatic carbocycles. The quantitative estimate of drug-likeness (QED) is 0.906. The molecule has 1 aliphatic heterocycles. The third-order valence-electron chi connectivity index (χ3n) is 3.42. The number of benzene rings is 1. The fraction of sp³-hybridized carbons (Fsp3) is 0.429. The average Bonchev–Trinajstić information content (AvgIpc) is 3.10. The monoisotopic (exact) mass is 259 g/mol. The van der Waals surface area contributed by atoms with Gasteiger partial charge >= 0.3 is 0 Å². The molecule has 0 radical (unpaired) electrons. The van der Waals surface area contributed by atoms with Crippen LogP contribution in [0.3, 0.4) is 0 Å². The zero-order valence-electron chi connectivity index (χ0n) is 10.9. The molecule has 0 spiro atoms. The molecule has 100 valence electrons. The summed E-state index contributed by atoms with van der Waals surface area (Å²) in [6.07, 6.45) is 1.75. The fourth-order valence-electron chi connectivity index (χ4n) is 2.30. The minimum absolute atomic E-state index is 0.397. The summed E-state index contributed by atoms with van der Waals surface area (Å²) in [6, 6.07) is 7.90. The van der Waals surface area contributed by atoms with Gasteiger partial charge in [0.1, 0.15) is 5.75 Å². The normalized spacial score (nSPS) is 18.7. The van der Waals surface area contributed by atoms with Crippen LogP contribution < -0.4 is 10.1 Å². The van der Waals surface area contributed by atoms with E-state index in [0.29, 0.717) is 18.2 Å². The molecule has 2 aromatic rings. The van der Waals surface area contributed by atoms with E-state index < -0.39 is 0 Å². The van der Waals surface area contributed by atoms with Crippen LogP contribution in [0.1, 0.15) is 29.6 Å². The lowest BCUT2D eigenvalue weighted by Crippen LogP contribution is -2.08. The van der Waals surface area contributed by atoms with Gasteiger partial charge in [-0.2, -0.15) is 4.98 Å². The van der Waals surface area contributed by atoms with Crippen LogP contribution >= 0.6 is 0 Å². The first-order valence-corrected chi connectivity index (χ1v) is 6.51. The van der Waals surface area contributed by atoms with Crippen LogP contribution in [0.2, 0.25) is 0 Å². The number of hydrogen-bond acceptors (Lipinski definition) is 5. The molecule has 2 heterocycles. The first kappa shape index (κ1) is 12.2. The van der Waals surface area contributed by atoms with Crippen LogP contribution in [0.25, 0.3) is 0 Å². The smallest absolute Gasteiger partial charge is 0.231 e. The van der Waals surface area contributed by atoms with E-state index in [4.69, 9.17) is 9.26 Å². The molecular weight excluding hydrogens is 242 g/mol. The molecule has 0 bridgehead atoms. The van der Waals surface area contributed by atoms with Crippen molar-refractivity contribution < 1.29 is 9.26 Å². The van der Waals surface area contributed by atoms with E-state index in [0.717, 1.165) is 36.6 Å². The van der Waals surface area contributed by atoms with Gasteiger partial charge in [0.05, 0.1) is 13.5 Å². The van der Waals surface area contributed by atoms with Gasteiger partial charge < -0.3 is 14.6 Å². The lowest BCUT2D eigenvalue weighted by atomic mass is 10.1. The molecule has 5 nitrogen and oxygen atoms in total. The van der Waals surface area contributed by atoms with E-state index >= 15 is 0 Å². The number of aromatic nitrogens is 2. The molecule has 1 fully saturated rings. The van der Waals surface area contributed by atoms with Crippen LogP contribution in [-0.4, -0.2) is 30.3 Å². The Labute approximate surface area is 112 Å². The Morgan fingerprint density at radius 3 is 2.89 bits per heavy atom.